The lowest BCUT2D eigenvalue weighted by atomic mass is 10.1. The Labute approximate surface area is 88.0 Å². The number of hydrogen-bond donors (Lipinski definition) is 1. The summed E-state index contributed by atoms with van der Waals surface area (Å²) in [5.74, 6) is 0. The van der Waals surface area contributed by atoms with Gasteiger partial charge in [0, 0.05) is 10.5 Å². The van der Waals surface area contributed by atoms with E-state index in [-0.39, 0.29) is 0 Å². The van der Waals surface area contributed by atoms with Crippen LogP contribution in [0.4, 0.5) is 0 Å². The molecule has 1 unspecified atom stereocenters. The Kier molecular flexibility index (Phi) is 4.19. The summed E-state index contributed by atoms with van der Waals surface area (Å²) in [5.41, 5.74) is 1.31. The summed E-state index contributed by atoms with van der Waals surface area (Å²) in [6, 6.07) is 8.70. The number of likely N-dealkylation sites (N-methyl/N-ethyl adjacent to an activating group) is 1. The molecule has 2 heteroatoms. The first-order chi connectivity index (χ1) is 6.26. The molecule has 0 heterocycles. The number of benzene rings is 1. The van der Waals surface area contributed by atoms with Crippen LogP contribution in [-0.2, 0) is 6.42 Å². The van der Waals surface area contributed by atoms with Crippen molar-refractivity contribution in [2.75, 3.05) is 7.05 Å². The van der Waals surface area contributed by atoms with E-state index in [1.165, 1.54) is 5.56 Å². The quantitative estimate of drug-likeness (QED) is 0.798. The molecule has 13 heavy (non-hydrogen) atoms. The smallest absolute Gasteiger partial charge is 0.0285 e. The first-order valence-electron chi connectivity index (χ1n) is 4.30. The van der Waals surface area contributed by atoms with Gasteiger partial charge in [-0.3, -0.25) is 0 Å². The van der Waals surface area contributed by atoms with E-state index in [4.69, 9.17) is 0 Å². The van der Waals surface area contributed by atoms with Gasteiger partial charge in [0.1, 0.15) is 0 Å². The van der Waals surface area contributed by atoms with Crippen LogP contribution in [0, 0.1) is 0 Å². The zero-order chi connectivity index (χ0) is 9.68. The molecule has 0 saturated carbocycles. The minimum absolute atomic E-state index is 0.356. The van der Waals surface area contributed by atoms with Crippen molar-refractivity contribution >= 4 is 15.9 Å². The Morgan fingerprint density at radius 2 is 2.38 bits per heavy atom. The van der Waals surface area contributed by atoms with Gasteiger partial charge in [0.25, 0.3) is 0 Å². The van der Waals surface area contributed by atoms with Crippen LogP contribution in [0.25, 0.3) is 0 Å². The van der Waals surface area contributed by atoms with E-state index in [1.807, 2.05) is 19.2 Å². The summed E-state index contributed by atoms with van der Waals surface area (Å²) in [5, 5.41) is 3.19. The molecule has 1 N–H and O–H groups in total. The van der Waals surface area contributed by atoms with Gasteiger partial charge >= 0.3 is 0 Å². The SMILES string of the molecule is C=CC(Cc1cccc(Br)c1)NC. The zero-order valence-corrected chi connectivity index (χ0v) is 9.34. The second-order valence-corrected chi connectivity index (χ2v) is 3.88. The molecule has 1 nitrogen and oxygen atoms in total. The molecule has 0 aliphatic heterocycles. The van der Waals surface area contributed by atoms with E-state index in [2.05, 4.69) is 46.0 Å². The van der Waals surface area contributed by atoms with Crippen LogP contribution >= 0.6 is 15.9 Å². The average molecular weight is 240 g/mol. The molecule has 1 aromatic rings. The zero-order valence-electron chi connectivity index (χ0n) is 7.76. The molecule has 0 spiro atoms. The summed E-state index contributed by atoms with van der Waals surface area (Å²) in [6.45, 7) is 3.78. The summed E-state index contributed by atoms with van der Waals surface area (Å²) in [7, 11) is 1.95. The Morgan fingerprint density at radius 3 is 2.92 bits per heavy atom. The first-order valence-corrected chi connectivity index (χ1v) is 5.10. The number of halogens is 1. The highest BCUT2D eigenvalue weighted by Gasteiger charge is 2.01. The van der Waals surface area contributed by atoms with E-state index < -0.39 is 0 Å². The van der Waals surface area contributed by atoms with Crippen molar-refractivity contribution in [3.63, 3.8) is 0 Å². The predicted octanol–water partition coefficient (Wildman–Crippen LogP) is 2.77. The standard InChI is InChI=1S/C11H14BrN/c1-3-11(13-2)8-9-5-4-6-10(12)7-9/h3-7,11,13H,1,8H2,2H3. The van der Waals surface area contributed by atoms with Gasteiger partial charge in [-0.2, -0.15) is 0 Å². The van der Waals surface area contributed by atoms with Gasteiger partial charge in [0.15, 0.2) is 0 Å². The fraction of sp³-hybridized carbons (Fsp3) is 0.273. The van der Waals surface area contributed by atoms with E-state index in [0.29, 0.717) is 6.04 Å². The van der Waals surface area contributed by atoms with Crippen molar-refractivity contribution in [1.82, 2.24) is 5.32 Å². The van der Waals surface area contributed by atoms with Crippen LogP contribution in [0.1, 0.15) is 5.56 Å². The van der Waals surface area contributed by atoms with E-state index in [1.54, 1.807) is 0 Å². The average Bonchev–Trinajstić information content (AvgIpc) is 2.14. The number of hydrogen-bond acceptors (Lipinski definition) is 1. The van der Waals surface area contributed by atoms with Gasteiger partial charge < -0.3 is 5.32 Å². The Hall–Kier alpha value is -0.600. The monoisotopic (exact) mass is 239 g/mol. The van der Waals surface area contributed by atoms with Gasteiger partial charge in [-0.25, -0.2) is 0 Å². The second-order valence-electron chi connectivity index (χ2n) is 2.96. The molecule has 0 bridgehead atoms. The van der Waals surface area contributed by atoms with E-state index in [0.717, 1.165) is 10.9 Å². The van der Waals surface area contributed by atoms with Crippen molar-refractivity contribution < 1.29 is 0 Å². The highest BCUT2D eigenvalue weighted by atomic mass is 79.9. The Morgan fingerprint density at radius 1 is 1.62 bits per heavy atom. The predicted molar refractivity (Wildman–Crippen MR) is 60.9 cm³/mol. The maximum Gasteiger partial charge on any atom is 0.0285 e. The van der Waals surface area contributed by atoms with Gasteiger partial charge in [-0.15, -0.1) is 6.58 Å². The van der Waals surface area contributed by atoms with Crippen molar-refractivity contribution in [2.45, 2.75) is 12.5 Å². The molecule has 0 amide bonds. The Balaban J connectivity index is 2.67. The second kappa shape index (κ2) is 5.20. The number of rotatable bonds is 4. The third kappa shape index (κ3) is 3.33. The van der Waals surface area contributed by atoms with Crippen LogP contribution < -0.4 is 5.32 Å². The maximum atomic E-state index is 3.78. The lowest BCUT2D eigenvalue weighted by Gasteiger charge is -2.10. The van der Waals surface area contributed by atoms with E-state index in [9.17, 15) is 0 Å². The molecule has 0 aliphatic rings. The molecular formula is C11H14BrN. The molecule has 0 radical (unpaired) electrons. The summed E-state index contributed by atoms with van der Waals surface area (Å²) < 4.78 is 1.13. The Bertz CT molecular complexity index is 283. The van der Waals surface area contributed by atoms with Crippen molar-refractivity contribution in [1.29, 1.82) is 0 Å². The van der Waals surface area contributed by atoms with Crippen LogP contribution in [0.5, 0.6) is 0 Å². The lowest BCUT2D eigenvalue weighted by molar-refractivity contribution is 0.665. The summed E-state index contributed by atoms with van der Waals surface area (Å²) in [6.07, 6.45) is 2.92. The topological polar surface area (TPSA) is 12.0 Å². The highest BCUT2D eigenvalue weighted by molar-refractivity contribution is 9.10. The van der Waals surface area contributed by atoms with Crippen LogP contribution in [0.3, 0.4) is 0 Å². The normalized spacial score (nSPS) is 12.5. The fourth-order valence-corrected chi connectivity index (χ4v) is 1.67. The third-order valence-electron chi connectivity index (χ3n) is 2.00. The highest BCUT2D eigenvalue weighted by Crippen LogP contribution is 2.13. The minimum Gasteiger partial charge on any atom is -0.313 e. The largest absolute Gasteiger partial charge is 0.313 e. The molecule has 1 atom stereocenters. The molecule has 0 aliphatic carbocycles. The van der Waals surface area contributed by atoms with Gasteiger partial charge in [-0.1, -0.05) is 34.1 Å². The van der Waals surface area contributed by atoms with Crippen molar-refractivity contribution in [3.8, 4) is 0 Å². The molecule has 0 saturated heterocycles. The summed E-state index contributed by atoms with van der Waals surface area (Å²) in [4.78, 5) is 0. The van der Waals surface area contributed by atoms with Crippen LogP contribution in [0.2, 0.25) is 0 Å². The van der Waals surface area contributed by atoms with Gasteiger partial charge in [0.05, 0.1) is 0 Å². The van der Waals surface area contributed by atoms with Crippen molar-refractivity contribution in [2.24, 2.45) is 0 Å². The molecule has 0 fully saturated rings. The summed E-state index contributed by atoms with van der Waals surface area (Å²) >= 11 is 3.45. The van der Waals surface area contributed by atoms with Crippen LogP contribution in [0.15, 0.2) is 41.4 Å². The molecular weight excluding hydrogens is 226 g/mol. The minimum atomic E-state index is 0.356. The molecule has 70 valence electrons. The van der Waals surface area contributed by atoms with Crippen molar-refractivity contribution in [3.05, 3.63) is 47.0 Å². The fourth-order valence-electron chi connectivity index (χ4n) is 1.22. The molecule has 1 aromatic carbocycles. The molecule has 0 aromatic heterocycles. The first kappa shape index (κ1) is 10.5. The van der Waals surface area contributed by atoms with E-state index >= 15 is 0 Å². The number of nitrogens with one attached hydrogen (secondary N) is 1. The van der Waals surface area contributed by atoms with Gasteiger partial charge in [0.2, 0.25) is 0 Å². The molecule has 1 rings (SSSR count). The maximum absolute atomic E-state index is 3.78. The van der Waals surface area contributed by atoms with Crippen LogP contribution in [-0.4, -0.2) is 13.1 Å². The van der Waals surface area contributed by atoms with Gasteiger partial charge in [-0.05, 0) is 31.2 Å². The third-order valence-corrected chi connectivity index (χ3v) is 2.49. The lowest BCUT2D eigenvalue weighted by Crippen LogP contribution is -2.24.